The number of pyridine rings is 1. The first kappa shape index (κ1) is 17.5. The minimum absolute atomic E-state index is 0.115. The molecule has 8 heteroatoms. The lowest BCUT2D eigenvalue weighted by atomic mass is 10.1. The molecule has 0 aliphatic heterocycles. The van der Waals surface area contributed by atoms with E-state index in [1.165, 1.54) is 12.3 Å². The maximum absolute atomic E-state index is 13.8. The van der Waals surface area contributed by atoms with Gasteiger partial charge in [-0.05, 0) is 42.8 Å². The Morgan fingerprint density at radius 2 is 2.00 bits per heavy atom. The number of amides is 2. The van der Waals surface area contributed by atoms with E-state index in [2.05, 4.69) is 25.8 Å². The van der Waals surface area contributed by atoms with Crippen molar-refractivity contribution in [1.82, 2.24) is 15.2 Å². The van der Waals surface area contributed by atoms with Gasteiger partial charge < -0.3 is 16.4 Å². The summed E-state index contributed by atoms with van der Waals surface area (Å²) in [5.41, 5.74) is 9.71. The third-order valence-corrected chi connectivity index (χ3v) is 4.28. The summed E-state index contributed by atoms with van der Waals surface area (Å²) < 4.78 is 13.8. The van der Waals surface area contributed by atoms with Crippen molar-refractivity contribution < 1.29 is 9.18 Å². The largest absolute Gasteiger partial charge is 0.382 e. The van der Waals surface area contributed by atoms with Gasteiger partial charge in [0.25, 0.3) is 0 Å². The van der Waals surface area contributed by atoms with E-state index in [0.717, 1.165) is 22.0 Å². The van der Waals surface area contributed by atoms with Crippen LogP contribution in [0.1, 0.15) is 5.56 Å². The van der Waals surface area contributed by atoms with E-state index in [0.29, 0.717) is 17.2 Å². The number of benzene rings is 2. The molecule has 0 spiro atoms. The highest BCUT2D eigenvalue weighted by Crippen LogP contribution is 2.30. The topological polar surface area (TPSA) is 109 Å². The number of hydrogen-bond acceptors (Lipinski definition) is 4. The van der Waals surface area contributed by atoms with E-state index in [1.54, 1.807) is 24.3 Å². The lowest BCUT2D eigenvalue weighted by Crippen LogP contribution is -2.20. The van der Waals surface area contributed by atoms with Crippen LogP contribution in [0.2, 0.25) is 0 Å². The molecule has 4 aromatic rings. The fraction of sp³-hybridized carbons (Fsp3) is 0.0500. The van der Waals surface area contributed by atoms with Crippen LogP contribution in [0.25, 0.3) is 22.2 Å². The minimum atomic E-state index is -0.555. The lowest BCUT2D eigenvalue weighted by molar-refractivity contribution is 0.262. The van der Waals surface area contributed by atoms with E-state index >= 15 is 0 Å². The highest BCUT2D eigenvalue weighted by molar-refractivity contribution is 6.02. The molecule has 28 heavy (non-hydrogen) atoms. The number of rotatable bonds is 3. The number of nitrogens with zero attached hydrogens (tertiary/aromatic N) is 2. The Kier molecular flexibility index (Phi) is 4.36. The van der Waals surface area contributed by atoms with Crippen LogP contribution in [0, 0.1) is 12.7 Å². The zero-order valence-electron chi connectivity index (χ0n) is 15.0. The molecule has 0 saturated heterocycles. The van der Waals surface area contributed by atoms with Crippen molar-refractivity contribution >= 4 is 34.1 Å². The number of urea groups is 1. The molecule has 4 rings (SSSR count). The van der Waals surface area contributed by atoms with E-state index in [-0.39, 0.29) is 5.69 Å². The molecule has 0 aliphatic rings. The van der Waals surface area contributed by atoms with E-state index < -0.39 is 11.8 Å². The number of aromatic nitrogens is 3. The van der Waals surface area contributed by atoms with E-state index in [9.17, 15) is 9.18 Å². The number of nitrogen functional groups attached to an aromatic ring is 1. The molecule has 0 atom stereocenters. The van der Waals surface area contributed by atoms with E-state index in [4.69, 9.17) is 5.73 Å². The number of nitrogens with two attached hydrogens (primary N) is 1. The molecule has 0 unspecified atom stereocenters. The molecule has 0 fully saturated rings. The van der Waals surface area contributed by atoms with Crippen molar-refractivity contribution in [2.45, 2.75) is 6.92 Å². The van der Waals surface area contributed by atoms with Gasteiger partial charge in [0, 0.05) is 5.56 Å². The lowest BCUT2D eigenvalue weighted by Gasteiger charge is -2.10. The molecule has 140 valence electrons. The van der Waals surface area contributed by atoms with Crippen molar-refractivity contribution in [2.75, 3.05) is 16.4 Å². The van der Waals surface area contributed by atoms with Crippen molar-refractivity contribution in [1.29, 1.82) is 0 Å². The molecule has 2 amide bonds. The van der Waals surface area contributed by atoms with Crippen LogP contribution in [0.15, 0.2) is 54.7 Å². The number of nitrogens with one attached hydrogen (secondary N) is 3. The van der Waals surface area contributed by atoms with Crippen LogP contribution in [0.5, 0.6) is 0 Å². The summed E-state index contributed by atoms with van der Waals surface area (Å²) in [4.78, 5) is 16.5. The van der Waals surface area contributed by atoms with Crippen molar-refractivity contribution in [3.63, 3.8) is 0 Å². The summed E-state index contributed by atoms with van der Waals surface area (Å²) in [7, 11) is 0. The standard InChI is InChI=1S/C20H17FN6O/c1-11-5-7-14(21)17(9-11)25-20(28)24-12-6-8-15(23-10-12)13-3-2-4-16-18(13)19(22)27-26-16/h2-10H,1H3,(H3,22,26,27)(H2,24,25,28). The van der Waals surface area contributed by atoms with Crippen molar-refractivity contribution in [2.24, 2.45) is 0 Å². The summed E-state index contributed by atoms with van der Waals surface area (Å²) in [5.74, 6) is -0.103. The van der Waals surface area contributed by atoms with Gasteiger partial charge in [0.05, 0.1) is 34.2 Å². The number of fused-ring (bicyclic) bond motifs is 1. The van der Waals surface area contributed by atoms with Crippen molar-refractivity contribution in [3.05, 3.63) is 66.1 Å². The first-order chi connectivity index (χ1) is 13.5. The van der Waals surface area contributed by atoms with Gasteiger partial charge in [0.1, 0.15) is 5.82 Å². The summed E-state index contributed by atoms with van der Waals surface area (Å²) in [6.45, 7) is 1.82. The summed E-state index contributed by atoms with van der Waals surface area (Å²) in [6, 6.07) is 13.1. The van der Waals surface area contributed by atoms with Gasteiger partial charge in [-0.1, -0.05) is 18.2 Å². The zero-order chi connectivity index (χ0) is 19.7. The summed E-state index contributed by atoms with van der Waals surface area (Å²) >= 11 is 0. The monoisotopic (exact) mass is 376 g/mol. The highest BCUT2D eigenvalue weighted by Gasteiger charge is 2.11. The normalized spacial score (nSPS) is 10.8. The van der Waals surface area contributed by atoms with Gasteiger partial charge in [-0.15, -0.1) is 0 Å². The Hall–Kier alpha value is -3.94. The van der Waals surface area contributed by atoms with Crippen molar-refractivity contribution in [3.8, 4) is 11.3 Å². The van der Waals surface area contributed by atoms with Gasteiger partial charge in [-0.3, -0.25) is 10.1 Å². The molecule has 2 heterocycles. The summed E-state index contributed by atoms with van der Waals surface area (Å²) in [5, 5.41) is 12.8. The minimum Gasteiger partial charge on any atom is -0.382 e. The molecule has 0 radical (unpaired) electrons. The van der Waals surface area contributed by atoms with Crippen LogP contribution in [-0.2, 0) is 0 Å². The van der Waals surface area contributed by atoms with Crippen LogP contribution in [0.3, 0.4) is 0 Å². The first-order valence-corrected chi connectivity index (χ1v) is 8.54. The van der Waals surface area contributed by atoms with Gasteiger partial charge in [0.15, 0.2) is 5.82 Å². The zero-order valence-corrected chi connectivity index (χ0v) is 15.0. The fourth-order valence-electron chi connectivity index (χ4n) is 2.96. The second kappa shape index (κ2) is 6.99. The summed E-state index contributed by atoms with van der Waals surface area (Å²) in [6.07, 6.45) is 1.52. The molecule has 0 saturated carbocycles. The number of anilines is 3. The molecule has 0 aliphatic carbocycles. The van der Waals surface area contributed by atoms with Gasteiger partial charge in [0.2, 0.25) is 0 Å². The number of H-pyrrole nitrogens is 1. The van der Waals surface area contributed by atoms with Crippen LogP contribution >= 0.6 is 0 Å². The van der Waals surface area contributed by atoms with Gasteiger partial charge >= 0.3 is 6.03 Å². The van der Waals surface area contributed by atoms with Gasteiger partial charge in [-0.25, -0.2) is 9.18 Å². The second-order valence-electron chi connectivity index (χ2n) is 6.33. The number of hydrogen-bond donors (Lipinski definition) is 4. The molecule has 7 nitrogen and oxygen atoms in total. The molecule has 0 bridgehead atoms. The molecule has 2 aromatic carbocycles. The number of carbonyl (C=O) groups excluding carboxylic acids is 1. The smallest absolute Gasteiger partial charge is 0.323 e. The quantitative estimate of drug-likeness (QED) is 0.427. The van der Waals surface area contributed by atoms with Gasteiger partial charge in [-0.2, -0.15) is 5.10 Å². The Labute approximate surface area is 159 Å². The van der Waals surface area contributed by atoms with Crippen LogP contribution < -0.4 is 16.4 Å². The number of halogens is 1. The third-order valence-electron chi connectivity index (χ3n) is 4.28. The molecule has 5 N–H and O–H groups in total. The van der Waals surface area contributed by atoms with Crippen LogP contribution in [-0.4, -0.2) is 21.2 Å². The average molecular weight is 376 g/mol. The maximum Gasteiger partial charge on any atom is 0.323 e. The Morgan fingerprint density at radius 3 is 2.79 bits per heavy atom. The fourth-order valence-corrected chi connectivity index (χ4v) is 2.96. The average Bonchev–Trinajstić information content (AvgIpc) is 3.07. The Bertz CT molecular complexity index is 1170. The molecular weight excluding hydrogens is 359 g/mol. The predicted octanol–water partition coefficient (Wildman–Crippen LogP) is 4.30. The Balaban J connectivity index is 1.52. The molecule has 2 aromatic heterocycles. The highest BCUT2D eigenvalue weighted by atomic mass is 19.1. The second-order valence-corrected chi connectivity index (χ2v) is 6.33. The third kappa shape index (κ3) is 3.35. The number of carbonyl (C=O) groups is 1. The predicted molar refractivity (Wildman–Crippen MR) is 108 cm³/mol. The molecular formula is C20H17FN6O. The van der Waals surface area contributed by atoms with Crippen LogP contribution in [0.4, 0.5) is 26.4 Å². The maximum atomic E-state index is 13.8. The van der Waals surface area contributed by atoms with E-state index in [1.807, 2.05) is 25.1 Å². The number of aromatic amines is 1. The Morgan fingerprint density at radius 1 is 1.14 bits per heavy atom. The number of aryl methyl sites for hydroxylation is 1. The SMILES string of the molecule is Cc1ccc(F)c(NC(=O)Nc2ccc(-c3cccc4[nH]nc(N)c34)nc2)c1. The first-order valence-electron chi connectivity index (χ1n) is 8.54.